The lowest BCUT2D eigenvalue weighted by molar-refractivity contribution is 0.0662. The van der Waals surface area contributed by atoms with E-state index in [-0.39, 0.29) is 5.06 Å². The Hall–Kier alpha value is -1.10. The van der Waals surface area contributed by atoms with Crippen LogP contribution in [0.1, 0.15) is 0 Å². The van der Waals surface area contributed by atoms with Crippen LogP contribution in [0, 0.1) is 10.8 Å². The highest BCUT2D eigenvalue weighted by atomic mass is 16.5. The van der Waals surface area contributed by atoms with Gasteiger partial charge in [-0.15, -0.1) is 0 Å². The fraction of sp³-hybridized carbons (Fsp3) is 0. The van der Waals surface area contributed by atoms with E-state index >= 15 is 0 Å². The summed E-state index contributed by atoms with van der Waals surface area (Å²) in [6.07, 6.45) is 1.45. The van der Waals surface area contributed by atoms with Crippen molar-refractivity contribution in [3.8, 4) is 0 Å². The molecule has 0 aromatic heterocycles. The summed E-state index contributed by atoms with van der Waals surface area (Å²) in [5, 5.41) is 20.7. The quantitative estimate of drug-likeness (QED) is 0.148. The summed E-state index contributed by atoms with van der Waals surface area (Å²) in [7, 11) is 0. The molecule has 0 aliphatic carbocycles. The standard InChI is InChI=1S/C2H5N4O/c3-1-6(7)2(4)5/h3,7H,(H3,4,5). The molecule has 0 amide bonds. The Morgan fingerprint density at radius 1 is 1.86 bits per heavy atom. The normalized spacial score (nSPS) is 7.57. The second kappa shape index (κ2) is 2.14. The molecule has 0 bridgehead atoms. The van der Waals surface area contributed by atoms with E-state index in [1.54, 1.807) is 0 Å². The van der Waals surface area contributed by atoms with Crippen molar-refractivity contribution in [3.05, 3.63) is 0 Å². The van der Waals surface area contributed by atoms with Gasteiger partial charge < -0.3 is 5.73 Å². The van der Waals surface area contributed by atoms with Crippen molar-refractivity contribution in [2.45, 2.75) is 0 Å². The van der Waals surface area contributed by atoms with Crippen molar-refractivity contribution in [2.75, 3.05) is 0 Å². The summed E-state index contributed by atoms with van der Waals surface area (Å²) >= 11 is 0. The lowest BCUT2D eigenvalue weighted by Crippen LogP contribution is -2.31. The number of hydroxylamine groups is 2. The highest BCUT2D eigenvalue weighted by Crippen LogP contribution is 1.64. The molecule has 0 heterocycles. The van der Waals surface area contributed by atoms with Gasteiger partial charge in [-0.1, -0.05) is 0 Å². The van der Waals surface area contributed by atoms with Crippen LogP contribution in [-0.2, 0) is 0 Å². The zero-order valence-corrected chi connectivity index (χ0v) is 3.47. The van der Waals surface area contributed by atoms with E-state index in [1.165, 1.54) is 6.34 Å². The molecule has 0 unspecified atom stereocenters. The molecule has 5 nitrogen and oxygen atoms in total. The number of nitrogens with one attached hydrogen (secondary N) is 2. The molecule has 0 aromatic carbocycles. The fourth-order valence-electron chi connectivity index (χ4n) is 0.0602. The van der Waals surface area contributed by atoms with Gasteiger partial charge in [0.15, 0.2) is 6.34 Å². The number of guanidine groups is 1. The lowest BCUT2D eigenvalue weighted by atomic mass is 10.9. The molecule has 39 valence electrons. The van der Waals surface area contributed by atoms with Gasteiger partial charge in [-0.05, 0) is 0 Å². The summed E-state index contributed by atoms with van der Waals surface area (Å²) in [5.41, 5.74) is 4.62. The van der Waals surface area contributed by atoms with Crippen LogP contribution in [-0.4, -0.2) is 22.6 Å². The Morgan fingerprint density at radius 3 is 2.29 bits per heavy atom. The number of nitrogens with zero attached hydrogens (tertiary/aromatic N) is 1. The third-order valence-corrected chi connectivity index (χ3v) is 0.334. The second-order valence-electron chi connectivity index (χ2n) is 0.809. The SMILES string of the molecule is N=[C]N(O)C(=N)N. The average molecular weight is 101 g/mol. The molecule has 0 aliphatic rings. The summed E-state index contributed by atoms with van der Waals surface area (Å²) in [5.74, 6) is -0.616. The van der Waals surface area contributed by atoms with Crippen LogP contribution in [0.4, 0.5) is 0 Å². The third-order valence-electron chi connectivity index (χ3n) is 0.334. The van der Waals surface area contributed by atoms with Crippen molar-refractivity contribution in [2.24, 2.45) is 5.73 Å². The van der Waals surface area contributed by atoms with E-state index in [2.05, 4.69) is 5.73 Å². The molecule has 0 rings (SSSR count). The minimum atomic E-state index is -0.616. The van der Waals surface area contributed by atoms with Gasteiger partial charge in [0.05, 0.1) is 0 Å². The van der Waals surface area contributed by atoms with Gasteiger partial charge in [0.1, 0.15) is 0 Å². The second-order valence-corrected chi connectivity index (χ2v) is 0.809. The zero-order chi connectivity index (χ0) is 5.86. The van der Waals surface area contributed by atoms with Crippen LogP contribution < -0.4 is 5.73 Å². The molecule has 0 saturated carbocycles. The topological polar surface area (TPSA) is 97.2 Å². The number of hydrogen-bond donors (Lipinski definition) is 4. The molecule has 0 spiro atoms. The van der Waals surface area contributed by atoms with Crippen molar-refractivity contribution in [1.82, 2.24) is 5.06 Å². The molecule has 5 N–H and O–H groups in total. The summed E-state index contributed by atoms with van der Waals surface area (Å²) in [6.45, 7) is 0. The van der Waals surface area contributed by atoms with Crippen molar-refractivity contribution in [3.63, 3.8) is 0 Å². The molecule has 0 atom stereocenters. The van der Waals surface area contributed by atoms with Gasteiger partial charge in [-0.2, -0.15) is 5.06 Å². The Labute approximate surface area is 40.3 Å². The molecule has 0 aliphatic heterocycles. The van der Waals surface area contributed by atoms with E-state index in [0.29, 0.717) is 0 Å². The number of rotatable bonds is 1. The first-order valence-electron chi connectivity index (χ1n) is 1.44. The first kappa shape index (κ1) is 5.90. The van der Waals surface area contributed by atoms with Gasteiger partial charge in [-0.3, -0.25) is 16.0 Å². The predicted molar refractivity (Wildman–Crippen MR) is 23.3 cm³/mol. The van der Waals surface area contributed by atoms with E-state index in [0.717, 1.165) is 0 Å². The van der Waals surface area contributed by atoms with Gasteiger partial charge in [0, 0.05) is 0 Å². The molecule has 0 fully saturated rings. The molecule has 0 saturated heterocycles. The maximum absolute atomic E-state index is 8.12. The van der Waals surface area contributed by atoms with Gasteiger partial charge in [0.25, 0.3) is 0 Å². The predicted octanol–water partition coefficient (Wildman–Crippen LogP) is -0.945. The van der Waals surface area contributed by atoms with Gasteiger partial charge >= 0.3 is 0 Å². The number of nitrogens with two attached hydrogens (primary N) is 1. The molecule has 7 heavy (non-hydrogen) atoms. The average Bonchev–Trinajstić information content (AvgIpc) is 1.65. The minimum Gasteiger partial charge on any atom is -0.368 e. The maximum Gasteiger partial charge on any atom is 0.219 e. The molecular formula is C2H5N4O. The van der Waals surface area contributed by atoms with Crippen LogP contribution in [0.2, 0.25) is 0 Å². The van der Waals surface area contributed by atoms with Crippen LogP contribution in [0.25, 0.3) is 0 Å². The van der Waals surface area contributed by atoms with Crippen LogP contribution in [0.3, 0.4) is 0 Å². The van der Waals surface area contributed by atoms with E-state index in [1.807, 2.05) is 0 Å². The fourth-order valence-corrected chi connectivity index (χ4v) is 0.0602. The Bertz CT molecular complexity index is 89.7. The highest BCUT2D eigenvalue weighted by Gasteiger charge is 1.92. The molecule has 0 aromatic rings. The lowest BCUT2D eigenvalue weighted by Gasteiger charge is -2.01. The molecular weight excluding hydrogens is 96.0 g/mol. The minimum absolute atomic E-state index is 0.0694. The third kappa shape index (κ3) is 1.72. The Balaban J connectivity index is 3.55. The number of hydrogen-bond acceptors (Lipinski definition) is 3. The van der Waals surface area contributed by atoms with Crippen molar-refractivity contribution >= 4 is 12.3 Å². The summed E-state index contributed by atoms with van der Waals surface area (Å²) in [4.78, 5) is 0. The van der Waals surface area contributed by atoms with Crippen LogP contribution in [0.5, 0.6) is 0 Å². The summed E-state index contributed by atoms with van der Waals surface area (Å²) in [6, 6.07) is 0. The highest BCUT2D eigenvalue weighted by molar-refractivity contribution is 5.83. The van der Waals surface area contributed by atoms with Gasteiger partial charge in [0.2, 0.25) is 5.96 Å². The summed E-state index contributed by atoms with van der Waals surface area (Å²) < 4.78 is 0. The largest absolute Gasteiger partial charge is 0.368 e. The van der Waals surface area contributed by atoms with Crippen LogP contribution >= 0.6 is 0 Å². The molecule has 5 heteroatoms. The van der Waals surface area contributed by atoms with Gasteiger partial charge in [-0.25, -0.2) is 0 Å². The molecule has 1 radical (unpaired) electrons. The van der Waals surface area contributed by atoms with E-state index < -0.39 is 5.96 Å². The van der Waals surface area contributed by atoms with E-state index in [9.17, 15) is 0 Å². The van der Waals surface area contributed by atoms with Crippen molar-refractivity contribution in [1.29, 1.82) is 10.8 Å². The van der Waals surface area contributed by atoms with Crippen molar-refractivity contribution < 1.29 is 5.21 Å². The Kier molecular flexibility index (Phi) is 1.80. The Morgan fingerprint density at radius 2 is 2.29 bits per heavy atom. The maximum atomic E-state index is 8.12. The monoisotopic (exact) mass is 101 g/mol. The first-order chi connectivity index (χ1) is 3.18. The first-order valence-corrected chi connectivity index (χ1v) is 1.44. The zero-order valence-electron chi connectivity index (χ0n) is 3.47. The van der Waals surface area contributed by atoms with E-state index in [4.69, 9.17) is 16.0 Å². The van der Waals surface area contributed by atoms with Crippen LogP contribution in [0.15, 0.2) is 0 Å². The smallest absolute Gasteiger partial charge is 0.219 e.